The predicted octanol–water partition coefficient (Wildman–Crippen LogP) is 4.44. The highest BCUT2D eigenvalue weighted by Gasteiger charge is 2.26. The molecule has 0 spiro atoms. The van der Waals surface area contributed by atoms with Gasteiger partial charge in [0.05, 0.1) is 21.0 Å². The number of halogens is 1. The Morgan fingerprint density at radius 2 is 1.50 bits per heavy atom. The molecule has 4 rings (SSSR count). The van der Waals surface area contributed by atoms with Gasteiger partial charge in [-0.25, -0.2) is 16.8 Å². The Hall–Kier alpha value is -2.57. The summed E-state index contributed by atoms with van der Waals surface area (Å²) in [7, 11) is -7.57. The molecule has 1 aliphatic heterocycles. The van der Waals surface area contributed by atoms with Crippen LogP contribution in [0.5, 0.6) is 0 Å². The SMILES string of the molecule is Cc1cccc(NS(=O)(=O)c2ccc(Cl)cc2)c1C(=O)Nc1ccc(S(=O)(=O)N2CCSCC2)cc1. The Labute approximate surface area is 220 Å². The zero-order valence-electron chi connectivity index (χ0n) is 19.3. The Kier molecular flexibility index (Phi) is 7.96. The van der Waals surface area contributed by atoms with E-state index in [-0.39, 0.29) is 21.0 Å². The van der Waals surface area contributed by atoms with Crippen LogP contribution in [0.4, 0.5) is 11.4 Å². The van der Waals surface area contributed by atoms with Gasteiger partial charge in [0.25, 0.3) is 15.9 Å². The average Bonchev–Trinajstić information content (AvgIpc) is 2.85. The summed E-state index contributed by atoms with van der Waals surface area (Å²) in [6.45, 7) is 2.63. The van der Waals surface area contributed by atoms with Crippen LogP contribution in [0.1, 0.15) is 15.9 Å². The van der Waals surface area contributed by atoms with Crippen LogP contribution in [0.25, 0.3) is 0 Å². The lowest BCUT2D eigenvalue weighted by atomic mass is 10.1. The molecule has 3 aromatic rings. The molecular formula is C24H24ClN3O5S3. The second-order valence-electron chi connectivity index (χ2n) is 8.05. The summed E-state index contributed by atoms with van der Waals surface area (Å²) in [6, 6.07) is 16.5. The van der Waals surface area contributed by atoms with Crippen LogP contribution >= 0.6 is 23.4 Å². The molecule has 3 aromatic carbocycles. The molecule has 36 heavy (non-hydrogen) atoms. The molecule has 12 heteroatoms. The summed E-state index contributed by atoms with van der Waals surface area (Å²) >= 11 is 7.58. The Morgan fingerprint density at radius 1 is 0.889 bits per heavy atom. The summed E-state index contributed by atoms with van der Waals surface area (Å²) in [5.74, 6) is 0.979. The van der Waals surface area contributed by atoms with E-state index < -0.39 is 26.0 Å². The molecule has 0 radical (unpaired) electrons. The molecule has 0 aromatic heterocycles. The van der Waals surface area contributed by atoms with Gasteiger partial charge in [0.2, 0.25) is 10.0 Å². The van der Waals surface area contributed by atoms with Gasteiger partial charge in [0.1, 0.15) is 0 Å². The molecule has 0 bridgehead atoms. The summed E-state index contributed by atoms with van der Waals surface area (Å²) in [5, 5.41) is 3.13. The first kappa shape index (κ1) is 26.5. The summed E-state index contributed by atoms with van der Waals surface area (Å²) in [6.07, 6.45) is 0. The number of nitrogens with one attached hydrogen (secondary N) is 2. The summed E-state index contributed by atoms with van der Waals surface area (Å²) in [5.41, 5.74) is 1.20. The quantitative estimate of drug-likeness (QED) is 0.438. The number of carbonyl (C=O) groups is 1. The van der Waals surface area contributed by atoms with Gasteiger partial charge in [0.15, 0.2) is 0 Å². The van der Waals surface area contributed by atoms with Crippen LogP contribution in [0.2, 0.25) is 5.02 Å². The first-order valence-electron chi connectivity index (χ1n) is 11.0. The Morgan fingerprint density at radius 3 is 2.14 bits per heavy atom. The van der Waals surface area contributed by atoms with Gasteiger partial charge in [-0.15, -0.1) is 0 Å². The fourth-order valence-corrected chi connectivity index (χ4v) is 7.49. The zero-order valence-corrected chi connectivity index (χ0v) is 22.5. The van der Waals surface area contributed by atoms with Crippen molar-refractivity contribution in [1.29, 1.82) is 0 Å². The molecule has 190 valence electrons. The van der Waals surface area contributed by atoms with Crippen LogP contribution in [-0.2, 0) is 20.0 Å². The topological polar surface area (TPSA) is 113 Å². The molecule has 1 amide bonds. The van der Waals surface area contributed by atoms with E-state index in [1.165, 1.54) is 58.9 Å². The number of rotatable bonds is 7. The van der Waals surface area contributed by atoms with Crippen molar-refractivity contribution < 1.29 is 21.6 Å². The number of anilines is 2. The van der Waals surface area contributed by atoms with Crippen LogP contribution in [0, 0.1) is 6.92 Å². The van der Waals surface area contributed by atoms with Crippen molar-refractivity contribution >= 4 is 60.7 Å². The van der Waals surface area contributed by atoms with Crippen molar-refractivity contribution in [3.8, 4) is 0 Å². The van der Waals surface area contributed by atoms with Gasteiger partial charge >= 0.3 is 0 Å². The van der Waals surface area contributed by atoms with Crippen molar-refractivity contribution in [1.82, 2.24) is 4.31 Å². The second-order valence-corrected chi connectivity index (χ2v) is 13.3. The van der Waals surface area contributed by atoms with E-state index in [1.54, 1.807) is 30.8 Å². The first-order valence-corrected chi connectivity index (χ1v) is 15.4. The lowest BCUT2D eigenvalue weighted by Crippen LogP contribution is -2.37. The number of hydrogen-bond donors (Lipinski definition) is 2. The zero-order chi connectivity index (χ0) is 25.9. The molecule has 1 aliphatic rings. The van der Waals surface area contributed by atoms with E-state index in [9.17, 15) is 21.6 Å². The lowest BCUT2D eigenvalue weighted by molar-refractivity contribution is 0.102. The van der Waals surface area contributed by atoms with Gasteiger partial charge in [-0.3, -0.25) is 9.52 Å². The fraction of sp³-hybridized carbons (Fsp3) is 0.208. The molecule has 0 unspecified atom stereocenters. The van der Waals surface area contributed by atoms with Gasteiger partial charge < -0.3 is 5.32 Å². The fourth-order valence-electron chi connectivity index (χ4n) is 3.71. The second kappa shape index (κ2) is 10.8. The van der Waals surface area contributed by atoms with Crippen molar-refractivity contribution in [3.63, 3.8) is 0 Å². The molecule has 2 N–H and O–H groups in total. The monoisotopic (exact) mass is 565 g/mol. The van der Waals surface area contributed by atoms with Crippen molar-refractivity contribution in [2.24, 2.45) is 0 Å². The summed E-state index contributed by atoms with van der Waals surface area (Å²) < 4.78 is 55.4. The van der Waals surface area contributed by atoms with Gasteiger partial charge in [-0.1, -0.05) is 23.7 Å². The maximum atomic E-state index is 13.2. The maximum Gasteiger partial charge on any atom is 0.261 e. The minimum absolute atomic E-state index is 0.00358. The highest BCUT2D eigenvalue weighted by molar-refractivity contribution is 7.99. The van der Waals surface area contributed by atoms with E-state index in [0.717, 1.165) is 11.5 Å². The first-order chi connectivity index (χ1) is 17.1. The standard InChI is InChI=1S/C24H24ClN3O5S3/c1-17-3-2-4-22(27-35(30,31)20-9-5-18(25)6-10-20)23(17)24(29)26-19-7-11-21(12-8-19)36(32,33)28-13-15-34-16-14-28/h2-12,27H,13-16H2,1H3,(H,26,29). The number of aryl methyl sites for hydroxylation is 1. The maximum absolute atomic E-state index is 13.2. The highest BCUT2D eigenvalue weighted by atomic mass is 35.5. The third kappa shape index (κ3) is 5.87. The number of sulfonamides is 2. The van der Waals surface area contributed by atoms with E-state index in [2.05, 4.69) is 10.0 Å². The van der Waals surface area contributed by atoms with Gasteiger partial charge in [-0.2, -0.15) is 16.1 Å². The largest absolute Gasteiger partial charge is 0.322 e. The van der Waals surface area contributed by atoms with E-state index in [1.807, 2.05) is 0 Å². The molecule has 0 aliphatic carbocycles. The normalized spacial score (nSPS) is 14.8. The third-order valence-corrected chi connectivity index (χ3v) is 10.1. The van der Waals surface area contributed by atoms with E-state index in [4.69, 9.17) is 11.6 Å². The van der Waals surface area contributed by atoms with E-state index in [0.29, 0.717) is 29.4 Å². The third-order valence-electron chi connectivity index (χ3n) is 5.59. The number of carbonyl (C=O) groups excluding carboxylic acids is 1. The number of thioether (sulfide) groups is 1. The highest BCUT2D eigenvalue weighted by Crippen LogP contribution is 2.26. The minimum Gasteiger partial charge on any atom is -0.322 e. The predicted molar refractivity (Wildman–Crippen MR) is 144 cm³/mol. The number of benzene rings is 3. The van der Waals surface area contributed by atoms with E-state index >= 15 is 0 Å². The molecule has 8 nitrogen and oxygen atoms in total. The number of nitrogens with zero attached hydrogens (tertiary/aromatic N) is 1. The number of hydrogen-bond acceptors (Lipinski definition) is 6. The molecule has 1 saturated heterocycles. The van der Waals surface area contributed by atoms with Crippen LogP contribution in [-0.4, -0.2) is 51.6 Å². The summed E-state index contributed by atoms with van der Waals surface area (Å²) in [4.78, 5) is 13.3. The van der Waals surface area contributed by atoms with Crippen molar-refractivity contribution in [3.05, 3.63) is 82.9 Å². The molecule has 0 saturated carbocycles. The lowest BCUT2D eigenvalue weighted by Gasteiger charge is -2.25. The minimum atomic E-state index is -3.97. The molecule has 0 atom stereocenters. The number of amides is 1. The average molecular weight is 566 g/mol. The molecule has 1 heterocycles. The Balaban J connectivity index is 1.54. The van der Waals surface area contributed by atoms with Crippen molar-refractivity contribution in [2.45, 2.75) is 16.7 Å². The van der Waals surface area contributed by atoms with Gasteiger partial charge in [0, 0.05) is 35.3 Å². The van der Waals surface area contributed by atoms with Crippen LogP contribution in [0.3, 0.4) is 0 Å². The van der Waals surface area contributed by atoms with Gasteiger partial charge in [-0.05, 0) is 67.1 Å². The molecular weight excluding hydrogens is 542 g/mol. The Bertz CT molecular complexity index is 1470. The van der Waals surface area contributed by atoms with Crippen LogP contribution in [0.15, 0.2) is 76.5 Å². The van der Waals surface area contributed by atoms with Crippen LogP contribution < -0.4 is 10.0 Å². The smallest absolute Gasteiger partial charge is 0.261 e. The van der Waals surface area contributed by atoms with Crippen molar-refractivity contribution in [2.75, 3.05) is 34.6 Å². The molecule has 1 fully saturated rings.